The first kappa shape index (κ1) is 17.5. The smallest absolute Gasteiger partial charge is 0.269 e. The van der Waals surface area contributed by atoms with E-state index in [0.717, 1.165) is 31.8 Å². The monoisotopic (exact) mass is 348 g/mol. The van der Waals surface area contributed by atoms with E-state index in [1.54, 1.807) is 0 Å². The molecule has 1 fully saturated rings. The predicted molar refractivity (Wildman–Crippen MR) is 83.9 cm³/mol. The third-order valence-corrected chi connectivity index (χ3v) is 4.57. The molecular formula is C14H18ClFN2O3S. The lowest BCUT2D eigenvalue weighted by Gasteiger charge is -2.21. The van der Waals surface area contributed by atoms with Crippen molar-refractivity contribution in [1.29, 1.82) is 0 Å². The Morgan fingerprint density at radius 1 is 1.45 bits per heavy atom. The standard InChI is InChI=1S/C14H18ClFN2O3S/c15-12-6-10(7-19)5-11(13(12)16)14(20)17-18-22-8-9-1-3-21-4-2-9/h5-6,9,18-19H,1-4,7-8H2,(H,17,20). The zero-order valence-corrected chi connectivity index (χ0v) is 13.5. The Balaban J connectivity index is 1.83. The molecular weight excluding hydrogens is 331 g/mol. The van der Waals surface area contributed by atoms with Crippen LogP contribution in [0, 0.1) is 11.7 Å². The van der Waals surface area contributed by atoms with Crippen LogP contribution in [-0.4, -0.2) is 30.0 Å². The van der Waals surface area contributed by atoms with Crippen LogP contribution in [0.25, 0.3) is 0 Å². The summed E-state index contributed by atoms with van der Waals surface area (Å²) in [4.78, 5) is 14.7. The van der Waals surface area contributed by atoms with Crippen LogP contribution in [0.15, 0.2) is 12.1 Å². The predicted octanol–water partition coefficient (Wildman–Crippen LogP) is 2.28. The molecule has 1 aromatic carbocycles. The molecule has 8 heteroatoms. The number of hydrazine groups is 1. The van der Waals surface area contributed by atoms with E-state index >= 15 is 0 Å². The molecule has 0 atom stereocenters. The van der Waals surface area contributed by atoms with Crippen LogP contribution in [0.4, 0.5) is 4.39 Å². The number of ether oxygens (including phenoxy) is 1. The molecule has 1 aliphatic heterocycles. The largest absolute Gasteiger partial charge is 0.392 e. The van der Waals surface area contributed by atoms with Crippen molar-refractivity contribution in [3.63, 3.8) is 0 Å². The molecule has 22 heavy (non-hydrogen) atoms. The van der Waals surface area contributed by atoms with E-state index in [1.165, 1.54) is 24.1 Å². The first-order valence-corrected chi connectivity index (χ1v) is 8.32. The lowest BCUT2D eigenvalue weighted by Crippen LogP contribution is -2.34. The molecule has 1 aliphatic rings. The van der Waals surface area contributed by atoms with Gasteiger partial charge in [-0.15, -0.1) is 0 Å². The zero-order chi connectivity index (χ0) is 15.9. The molecule has 1 saturated heterocycles. The normalized spacial score (nSPS) is 15.8. The number of benzene rings is 1. The van der Waals surface area contributed by atoms with Gasteiger partial charge in [0.15, 0.2) is 5.82 Å². The van der Waals surface area contributed by atoms with Crippen LogP contribution in [0.2, 0.25) is 5.02 Å². The highest BCUT2D eigenvalue weighted by molar-refractivity contribution is 7.97. The molecule has 122 valence electrons. The molecule has 0 bridgehead atoms. The summed E-state index contributed by atoms with van der Waals surface area (Å²) in [7, 11) is 0. The number of rotatable bonds is 6. The van der Waals surface area contributed by atoms with E-state index in [2.05, 4.69) is 10.3 Å². The lowest BCUT2D eigenvalue weighted by molar-refractivity contribution is 0.0727. The molecule has 5 nitrogen and oxygen atoms in total. The quantitative estimate of drug-likeness (QED) is 0.418. The average molecular weight is 349 g/mol. The highest BCUT2D eigenvalue weighted by atomic mass is 35.5. The first-order valence-electron chi connectivity index (χ1n) is 6.95. The molecule has 0 radical (unpaired) electrons. The fraction of sp³-hybridized carbons (Fsp3) is 0.500. The molecule has 0 aliphatic carbocycles. The Labute approximate surface area is 137 Å². The van der Waals surface area contributed by atoms with E-state index in [-0.39, 0.29) is 17.2 Å². The summed E-state index contributed by atoms with van der Waals surface area (Å²) in [5.41, 5.74) is 2.60. The van der Waals surface area contributed by atoms with Crippen molar-refractivity contribution in [3.05, 3.63) is 34.1 Å². The highest BCUT2D eigenvalue weighted by Crippen LogP contribution is 2.21. The van der Waals surface area contributed by atoms with E-state index in [9.17, 15) is 9.18 Å². The van der Waals surface area contributed by atoms with Crippen molar-refractivity contribution in [3.8, 4) is 0 Å². The molecule has 0 spiro atoms. The summed E-state index contributed by atoms with van der Waals surface area (Å²) in [5.74, 6) is -0.0439. The number of aliphatic hydroxyl groups is 1. The fourth-order valence-electron chi connectivity index (χ4n) is 2.12. The van der Waals surface area contributed by atoms with Gasteiger partial charge in [0.1, 0.15) is 0 Å². The number of aliphatic hydroxyl groups excluding tert-OH is 1. The van der Waals surface area contributed by atoms with Crippen molar-refractivity contribution in [1.82, 2.24) is 10.3 Å². The summed E-state index contributed by atoms with van der Waals surface area (Å²) < 4.78 is 19.1. The number of carbonyl (C=O) groups is 1. The van der Waals surface area contributed by atoms with Crippen LogP contribution < -0.4 is 10.3 Å². The van der Waals surface area contributed by atoms with Gasteiger partial charge in [0.05, 0.1) is 17.2 Å². The third kappa shape index (κ3) is 4.82. The van der Waals surface area contributed by atoms with Gasteiger partial charge in [-0.1, -0.05) is 23.5 Å². The minimum Gasteiger partial charge on any atom is -0.392 e. The van der Waals surface area contributed by atoms with Gasteiger partial charge in [-0.2, -0.15) is 4.83 Å². The average Bonchev–Trinajstić information content (AvgIpc) is 2.54. The van der Waals surface area contributed by atoms with Crippen molar-refractivity contribution < 1.29 is 19.0 Å². The Morgan fingerprint density at radius 2 is 2.18 bits per heavy atom. The van der Waals surface area contributed by atoms with Gasteiger partial charge in [-0.05, 0) is 36.5 Å². The SMILES string of the molecule is O=C(NNSCC1CCOCC1)c1cc(CO)cc(Cl)c1F. The number of amides is 1. The molecule has 0 aromatic heterocycles. The van der Waals surface area contributed by atoms with E-state index in [4.69, 9.17) is 21.4 Å². The van der Waals surface area contributed by atoms with Crippen LogP contribution in [0.3, 0.4) is 0 Å². The molecule has 1 heterocycles. The van der Waals surface area contributed by atoms with E-state index < -0.39 is 11.7 Å². The molecule has 0 unspecified atom stereocenters. The molecule has 2 rings (SSSR count). The Morgan fingerprint density at radius 3 is 2.86 bits per heavy atom. The summed E-state index contributed by atoms with van der Waals surface area (Å²) in [6.45, 7) is 1.23. The summed E-state index contributed by atoms with van der Waals surface area (Å²) >= 11 is 7.06. The second-order valence-corrected chi connectivity index (χ2v) is 6.25. The van der Waals surface area contributed by atoms with Crippen molar-refractivity contribution in [2.45, 2.75) is 19.4 Å². The second-order valence-electron chi connectivity index (χ2n) is 5.02. The Kier molecular flexibility index (Phi) is 6.91. The zero-order valence-electron chi connectivity index (χ0n) is 11.9. The van der Waals surface area contributed by atoms with Gasteiger partial charge in [-0.25, -0.2) is 4.39 Å². The maximum atomic E-state index is 13.8. The van der Waals surface area contributed by atoms with Crippen LogP contribution in [0.5, 0.6) is 0 Å². The summed E-state index contributed by atoms with van der Waals surface area (Å²) in [6.07, 6.45) is 2.01. The van der Waals surface area contributed by atoms with Crippen molar-refractivity contribution >= 4 is 29.5 Å². The number of halogens is 2. The van der Waals surface area contributed by atoms with E-state index in [1.807, 2.05) is 0 Å². The third-order valence-electron chi connectivity index (χ3n) is 3.41. The van der Waals surface area contributed by atoms with Crippen molar-refractivity contribution in [2.75, 3.05) is 19.0 Å². The van der Waals surface area contributed by atoms with Crippen LogP contribution in [0.1, 0.15) is 28.8 Å². The van der Waals surface area contributed by atoms with Crippen molar-refractivity contribution in [2.24, 2.45) is 5.92 Å². The minimum atomic E-state index is -0.799. The summed E-state index contributed by atoms with van der Waals surface area (Å²) in [6, 6.07) is 2.57. The van der Waals surface area contributed by atoms with Gasteiger partial charge >= 0.3 is 0 Å². The number of nitrogens with one attached hydrogen (secondary N) is 2. The molecule has 3 N–H and O–H groups in total. The summed E-state index contributed by atoms with van der Waals surface area (Å²) in [5, 5.41) is 8.89. The lowest BCUT2D eigenvalue weighted by atomic mass is 10.0. The van der Waals surface area contributed by atoms with Crippen LogP contribution in [-0.2, 0) is 11.3 Å². The van der Waals surface area contributed by atoms with Crippen LogP contribution >= 0.6 is 23.5 Å². The van der Waals surface area contributed by atoms with Gasteiger partial charge < -0.3 is 9.84 Å². The van der Waals surface area contributed by atoms with Gasteiger partial charge in [0.25, 0.3) is 5.91 Å². The van der Waals surface area contributed by atoms with Gasteiger partial charge in [-0.3, -0.25) is 10.2 Å². The first-order chi connectivity index (χ1) is 10.6. The van der Waals surface area contributed by atoms with E-state index in [0.29, 0.717) is 11.5 Å². The molecule has 1 amide bonds. The number of hydrogen-bond donors (Lipinski definition) is 3. The topological polar surface area (TPSA) is 70.6 Å². The molecule has 0 saturated carbocycles. The number of carbonyl (C=O) groups excluding carboxylic acids is 1. The second kappa shape index (κ2) is 8.69. The maximum absolute atomic E-state index is 13.8. The number of hydrogen-bond acceptors (Lipinski definition) is 5. The minimum absolute atomic E-state index is 0.188. The molecule has 1 aromatic rings. The Hall–Kier alpha value is -0.860. The van der Waals surface area contributed by atoms with Gasteiger partial charge in [0.2, 0.25) is 0 Å². The highest BCUT2D eigenvalue weighted by Gasteiger charge is 2.17. The maximum Gasteiger partial charge on any atom is 0.269 e. The Bertz CT molecular complexity index is 527. The van der Waals surface area contributed by atoms with Gasteiger partial charge in [0, 0.05) is 19.0 Å². The fourth-order valence-corrected chi connectivity index (χ4v) is 3.18.